The maximum absolute atomic E-state index is 12.9. The van der Waals surface area contributed by atoms with E-state index in [-0.39, 0.29) is 27.1 Å². The number of halogens is 2. The number of para-hydroxylation sites is 1. The number of anilines is 1. The van der Waals surface area contributed by atoms with Gasteiger partial charge in [0.15, 0.2) is 5.75 Å². The molecule has 2 aromatic rings. The van der Waals surface area contributed by atoms with Gasteiger partial charge < -0.3 is 10.5 Å². The van der Waals surface area contributed by atoms with Crippen molar-refractivity contribution in [2.45, 2.75) is 4.90 Å². The van der Waals surface area contributed by atoms with Gasteiger partial charge in [-0.1, -0.05) is 17.7 Å². The number of ether oxygens (including phenoxy) is 1. The molecule has 0 radical (unpaired) electrons. The Balaban J connectivity index is 2.45. The molecule has 0 spiro atoms. The minimum absolute atomic E-state index is 0.0328. The van der Waals surface area contributed by atoms with Crippen LogP contribution in [0.5, 0.6) is 11.5 Å². The molecule has 0 unspecified atom stereocenters. The van der Waals surface area contributed by atoms with Crippen LogP contribution in [0.4, 0.5) is 10.1 Å². The van der Waals surface area contributed by atoms with Crippen molar-refractivity contribution in [1.82, 2.24) is 0 Å². The lowest BCUT2D eigenvalue weighted by molar-refractivity contribution is 0.481. The molecule has 2 aromatic carbocycles. The molecular weight excluding hydrogens is 307 g/mol. The zero-order valence-corrected chi connectivity index (χ0v) is 11.6. The summed E-state index contributed by atoms with van der Waals surface area (Å²) in [6, 6.07) is 7.65. The van der Waals surface area contributed by atoms with Crippen LogP contribution < -0.4 is 15.6 Å². The minimum atomic E-state index is -3.96. The predicted octanol–water partition coefficient (Wildman–Crippen LogP) is 2.50. The number of nitrogen functional groups attached to an aromatic ring is 1. The fourth-order valence-electron chi connectivity index (χ4n) is 1.54. The summed E-state index contributed by atoms with van der Waals surface area (Å²) in [5.74, 6) is -0.315. The molecule has 20 heavy (non-hydrogen) atoms. The summed E-state index contributed by atoms with van der Waals surface area (Å²) in [6.07, 6.45) is 0. The Labute approximate surface area is 120 Å². The minimum Gasteiger partial charge on any atom is -0.454 e. The van der Waals surface area contributed by atoms with Crippen LogP contribution in [0.25, 0.3) is 0 Å². The van der Waals surface area contributed by atoms with Gasteiger partial charge >= 0.3 is 0 Å². The van der Waals surface area contributed by atoms with Gasteiger partial charge in [0.25, 0.3) is 0 Å². The second-order valence-corrected chi connectivity index (χ2v) is 5.83. The first kappa shape index (κ1) is 14.6. The van der Waals surface area contributed by atoms with E-state index in [1.54, 1.807) is 0 Å². The molecule has 5 nitrogen and oxygen atoms in total. The SMILES string of the molecule is Nc1c(Oc2ccc(F)cc2Cl)cccc1S(N)(=O)=O. The van der Waals surface area contributed by atoms with Crippen molar-refractivity contribution in [2.24, 2.45) is 5.14 Å². The van der Waals surface area contributed by atoms with Crippen molar-refractivity contribution >= 4 is 27.3 Å². The molecule has 0 aliphatic heterocycles. The van der Waals surface area contributed by atoms with Gasteiger partial charge in [-0.3, -0.25) is 0 Å². The Morgan fingerprint density at radius 1 is 1.15 bits per heavy atom. The molecule has 4 N–H and O–H groups in total. The van der Waals surface area contributed by atoms with E-state index in [2.05, 4.69) is 0 Å². The number of sulfonamides is 1. The Bertz CT molecular complexity index is 765. The van der Waals surface area contributed by atoms with E-state index >= 15 is 0 Å². The largest absolute Gasteiger partial charge is 0.454 e. The smallest absolute Gasteiger partial charge is 0.240 e. The van der Waals surface area contributed by atoms with Crippen molar-refractivity contribution in [3.63, 3.8) is 0 Å². The predicted molar refractivity (Wildman–Crippen MR) is 73.7 cm³/mol. The topological polar surface area (TPSA) is 95.4 Å². The van der Waals surface area contributed by atoms with E-state index < -0.39 is 15.8 Å². The van der Waals surface area contributed by atoms with E-state index in [1.807, 2.05) is 0 Å². The average Bonchev–Trinajstić information content (AvgIpc) is 2.33. The van der Waals surface area contributed by atoms with Gasteiger partial charge in [0.05, 0.1) is 10.7 Å². The van der Waals surface area contributed by atoms with E-state index in [9.17, 15) is 12.8 Å². The zero-order valence-electron chi connectivity index (χ0n) is 10.0. The molecule has 0 aliphatic carbocycles. The summed E-state index contributed by atoms with van der Waals surface area (Å²) in [4.78, 5) is -0.256. The number of nitrogens with two attached hydrogens (primary N) is 2. The van der Waals surface area contributed by atoms with Crippen LogP contribution in [0.1, 0.15) is 0 Å². The molecule has 2 rings (SSSR count). The highest BCUT2D eigenvalue weighted by molar-refractivity contribution is 7.89. The van der Waals surface area contributed by atoms with E-state index in [0.717, 1.165) is 12.1 Å². The van der Waals surface area contributed by atoms with Crippen LogP contribution in [0, 0.1) is 5.82 Å². The van der Waals surface area contributed by atoms with Crippen molar-refractivity contribution in [2.75, 3.05) is 5.73 Å². The Morgan fingerprint density at radius 3 is 2.45 bits per heavy atom. The fraction of sp³-hybridized carbons (Fsp3) is 0. The van der Waals surface area contributed by atoms with Crippen molar-refractivity contribution in [1.29, 1.82) is 0 Å². The van der Waals surface area contributed by atoms with Crippen molar-refractivity contribution in [3.8, 4) is 11.5 Å². The first-order chi connectivity index (χ1) is 9.29. The number of benzene rings is 2. The highest BCUT2D eigenvalue weighted by Gasteiger charge is 2.16. The second-order valence-electron chi connectivity index (χ2n) is 3.89. The van der Waals surface area contributed by atoms with Crippen LogP contribution in [0.15, 0.2) is 41.3 Å². The summed E-state index contributed by atoms with van der Waals surface area (Å²) in [7, 11) is -3.96. The molecule has 0 amide bonds. The summed E-state index contributed by atoms with van der Waals surface area (Å²) in [5, 5.41) is 5.06. The zero-order chi connectivity index (χ0) is 14.9. The molecular formula is C12H10ClFN2O3S. The molecule has 0 saturated carbocycles. The summed E-state index contributed by atoms with van der Waals surface area (Å²) in [5.41, 5.74) is 5.55. The first-order valence-electron chi connectivity index (χ1n) is 5.33. The standard InChI is InChI=1S/C12H10ClFN2O3S/c13-8-6-7(14)4-5-9(8)19-10-2-1-3-11(12(10)15)20(16,17)18/h1-6H,15H2,(H2,16,17,18). The molecule has 0 heterocycles. The van der Waals surface area contributed by atoms with Gasteiger partial charge in [0.2, 0.25) is 10.0 Å². The number of hydrogen-bond acceptors (Lipinski definition) is 4. The molecule has 106 valence electrons. The lowest BCUT2D eigenvalue weighted by atomic mass is 10.3. The van der Waals surface area contributed by atoms with Gasteiger partial charge in [-0.25, -0.2) is 17.9 Å². The monoisotopic (exact) mass is 316 g/mol. The molecule has 0 aromatic heterocycles. The molecule has 0 aliphatic rings. The Hall–Kier alpha value is -1.83. The van der Waals surface area contributed by atoms with Crippen LogP contribution in [0.3, 0.4) is 0 Å². The van der Waals surface area contributed by atoms with Crippen LogP contribution in [-0.4, -0.2) is 8.42 Å². The third-order valence-electron chi connectivity index (χ3n) is 2.45. The highest BCUT2D eigenvalue weighted by atomic mass is 35.5. The summed E-state index contributed by atoms with van der Waals surface area (Å²) in [6.45, 7) is 0. The molecule has 0 atom stereocenters. The van der Waals surface area contributed by atoms with Gasteiger partial charge in [0, 0.05) is 0 Å². The highest BCUT2D eigenvalue weighted by Crippen LogP contribution is 2.35. The number of rotatable bonds is 3. The third kappa shape index (κ3) is 3.01. The maximum atomic E-state index is 12.9. The van der Waals surface area contributed by atoms with E-state index in [4.69, 9.17) is 27.2 Å². The first-order valence-corrected chi connectivity index (χ1v) is 7.25. The Morgan fingerprint density at radius 2 is 1.85 bits per heavy atom. The number of primary sulfonamides is 1. The molecule has 0 saturated heterocycles. The van der Waals surface area contributed by atoms with Crippen LogP contribution in [-0.2, 0) is 10.0 Å². The van der Waals surface area contributed by atoms with Crippen LogP contribution in [0.2, 0.25) is 5.02 Å². The fourth-order valence-corrected chi connectivity index (χ4v) is 2.42. The van der Waals surface area contributed by atoms with Crippen LogP contribution >= 0.6 is 11.6 Å². The normalized spacial score (nSPS) is 11.3. The van der Waals surface area contributed by atoms with Gasteiger partial charge in [-0.2, -0.15) is 0 Å². The lowest BCUT2D eigenvalue weighted by Crippen LogP contribution is -2.14. The van der Waals surface area contributed by atoms with E-state index in [1.165, 1.54) is 24.3 Å². The van der Waals surface area contributed by atoms with Crippen molar-refractivity contribution in [3.05, 3.63) is 47.2 Å². The summed E-state index contributed by atoms with van der Waals surface area (Å²) < 4.78 is 41.0. The maximum Gasteiger partial charge on any atom is 0.240 e. The summed E-state index contributed by atoms with van der Waals surface area (Å²) >= 11 is 5.81. The Kier molecular flexibility index (Phi) is 3.85. The lowest BCUT2D eigenvalue weighted by Gasteiger charge is -2.12. The van der Waals surface area contributed by atoms with E-state index in [0.29, 0.717) is 0 Å². The molecule has 0 fully saturated rings. The second kappa shape index (κ2) is 5.28. The quantitative estimate of drug-likeness (QED) is 0.850. The van der Waals surface area contributed by atoms with Gasteiger partial charge in [-0.05, 0) is 30.3 Å². The van der Waals surface area contributed by atoms with Gasteiger partial charge in [-0.15, -0.1) is 0 Å². The van der Waals surface area contributed by atoms with Gasteiger partial charge in [0.1, 0.15) is 16.5 Å². The third-order valence-corrected chi connectivity index (χ3v) is 3.71. The number of hydrogen-bond donors (Lipinski definition) is 2. The molecule has 0 bridgehead atoms. The average molecular weight is 317 g/mol. The molecule has 8 heteroatoms. The van der Waals surface area contributed by atoms with Crippen molar-refractivity contribution < 1.29 is 17.5 Å².